The van der Waals surface area contributed by atoms with Crippen molar-refractivity contribution in [3.05, 3.63) is 89.5 Å². The lowest BCUT2D eigenvalue weighted by Gasteiger charge is -2.08. The molecule has 25 heavy (non-hydrogen) atoms. The third-order valence-electron chi connectivity index (χ3n) is 3.58. The van der Waals surface area contributed by atoms with Crippen molar-refractivity contribution in [3.63, 3.8) is 0 Å². The maximum absolute atomic E-state index is 13.1. The van der Waals surface area contributed by atoms with Crippen LogP contribution in [0.1, 0.15) is 21.6 Å². The van der Waals surface area contributed by atoms with E-state index in [1.807, 2.05) is 19.1 Å². The van der Waals surface area contributed by atoms with Crippen LogP contribution in [0.4, 0.5) is 4.39 Å². The lowest BCUT2D eigenvalue weighted by atomic mass is 10.2. The monoisotopic (exact) mass is 336 g/mol. The molecular formula is C20H17FN2O2. The molecule has 1 amide bonds. The number of amides is 1. The van der Waals surface area contributed by atoms with Gasteiger partial charge >= 0.3 is 0 Å². The van der Waals surface area contributed by atoms with Crippen LogP contribution in [0, 0.1) is 12.7 Å². The number of benzene rings is 2. The maximum Gasteiger partial charge on any atom is 0.253 e. The van der Waals surface area contributed by atoms with Crippen LogP contribution in [0.25, 0.3) is 0 Å². The Morgan fingerprint density at radius 1 is 1.08 bits per heavy atom. The Bertz CT molecular complexity index is 862. The van der Waals surface area contributed by atoms with Crippen LogP contribution >= 0.6 is 0 Å². The normalized spacial score (nSPS) is 10.3. The third-order valence-corrected chi connectivity index (χ3v) is 3.58. The molecule has 2 aromatic carbocycles. The van der Waals surface area contributed by atoms with Crippen molar-refractivity contribution >= 4 is 5.91 Å². The van der Waals surface area contributed by atoms with E-state index in [1.165, 1.54) is 12.1 Å². The number of aryl methyl sites for hydroxylation is 1. The Kier molecular flexibility index (Phi) is 5.04. The lowest BCUT2D eigenvalue weighted by molar-refractivity contribution is 0.0950. The molecule has 5 heteroatoms. The summed E-state index contributed by atoms with van der Waals surface area (Å²) in [5.41, 5.74) is 2.32. The van der Waals surface area contributed by atoms with Crippen molar-refractivity contribution in [3.8, 4) is 11.5 Å². The Labute approximate surface area is 145 Å². The van der Waals surface area contributed by atoms with Gasteiger partial charge in [-0.1, -0.05) is 18.2 Å². The van der Waals surface area contributed by atoms with Crippen LogP contribution in [-0.2, 0) is 6.54 Å². The number of halogens is 1. The van der Waals surface area contributed by atoms with E-state index < -0.39 is 0 Å². The molecule has 0 radical (unpaired) electrons. The van der Waals surface area contributed by atoms with Crippen molar-refractivity contribution < 1.29 is 13.9 Å². The molecule has 0 saturated carbocycles. The van der Waals surface area contributed by atoms with Crippen LogP contribution in [-0.4, -0.2) is 10.9 Å². The second-order valence-electron chi connectivity index (χ2n) is 5.57. The van der Waals surface area contributed by atoms with Gasteiger partial charge in [-0.2, -0.15) is 0 Å². The summed E-state index contributed by atoms with van der Waals surface area (Å²) < 4.78 is 18.7. The highest BCUT2D eigenvalue weighted by atomic mass is 19.1. The van der Waals surface area contributed by atoms with Crippen molar-refractivity contribution in [2.75, 3.05) is 0 Å². The minimum absolute atomic E-state index is 0.174. The van der Waals surface area contributed by atoms with Crippen molar-refractivity contribution in [1.82, 2.24) is 10.3 Å². The quantitative estimate of drug-likeness (QED) is 0.758. The highest BCUT2D eigenvalue weighted by Crippen LogP contribution is 2.22. The summed E-state index contributed by atoms with van der Waals surface area (Å²) >= 11 is 0. The van der Waals surface area contributed by atoms with E-state index in [0.29, 0.717) is 23.6 Å². The first kappa shape index (κ1) is 16.6. The molecule has 0 spiro atoms. The number of nitrogens with zero attached hydrogens (tertiary/aromatic N) is 1. The molecule has 4 nitrogen and oxygen atoms in total. The predicted molar refractivity (Wildman–Crippen MR) is 93.1 cm³/mol. The van der Waals surface area contributed by atoms with Crippen molar-refractivity contribution in [2.24, 2.45) is 0 Å². The average Bonchev–Trinajstić information content (AvgIpc) is 2.61. The fraction of sp³-hybridized carbons (Fsp3) is 0.100. The van der Waals surface area contributed by atoms with E-state index in [2.05, 4.69) is 10.3 Å². The largest absolute Gasteiger partial charge is 0.457 e. The van der Waals surface area contributed by atoms with Gasteiger partial charge in [0.15, 0.2) is 0 Å². The highest BCUT2D eigenvalue weighted by Gasteiger charge is 2.06. The van der Waals surface area contributed by atoms with Crippen LogP contribution in [0.15, 0.2) is 66.9 Å². The highest BCUT2D eigenvalue weighted by molar-refractivity contribution is 5.93. The molecule has 1 heterocycles. The Hall–Kier alpha value is -3.21. The van der Waals surface area contributed by atoms with Gasteiger partial charge in [0.05, 0.1) is 5.56 Å². The third kappa shape index (κ3) is 4.64. The van der Waals surface area contributed by atoms with Gasteiger partial charge in [-0.05, 0) is 48.9 Å². The summed E-state index contributed by atoms with van der Waals surface area (Å²) in [5.74, 6) is 0.520. The first-order valence-electron chi connectivity index (χ1n) is 7.83. The number of carbonyl (C=O) groups excluding carboxylic acids is 1. The summed E-state index contributed by atoms with van der Waals surface area (Å²) in [6, 6.07) is 16.8. The van der Waals surface area contributed by atoms with Gasteiger partial charge < -0.3 is 10.1 Å². The average molecular weight is 336 g/mol. The number of nitrogens with one attached hydrogen (secondary N) is 1. The molecule has 0 saturated heterocycles. The summed E-state index contributed by atoms with van der Waals surface area (Å²) in [6.45, 7) is 2.27. The van der Waals surface area contributed by atoms with Gasteiger partial charge in [0.1, 0.15) is 17.3 Å². The zero-order chi connectivity index (χ0) is 17.6. The van der Waals surface area contributed by atoms with Gasteiger partial charge in [0.25, 0.3) is 5.91 Å². The van der Waals surface area contributed by atoms with E-state index in [1.54, 1.807) is 42.6 Å². The summed E-state index contributed by atoms with van der Waals surface area (Å²) in [6.07, 6.45) is 1.56. The number of ether oxygens (including phenoxy) is 1. The smallest absolute Gasteiger partial charge is 0.253 e. The molecule has 126 valence electrons. The Morgan fingerprint density at radius 2 is 1.88 bits per heavy atom. The number of rotatable bonds is 5. The molecule has 0 aliphatic rings. The minimum atomic E-state index is -0.345. The first-order valence-corrected chi connectivity index (χ1v) is 7.83. The second kappa shape index (κ2) is 7.57. The van der Waals surface area contributed by atoms with Crippen molar-refractivity contribution in [1.29, 1.82) is 0 Å². The SMILES string of the molecule is Cc1ccc(C(=O)NCc2ccc(Oc3cccc(F)c3)cc2)cn1. The topological polar surface area (TPSA) is 51.2 Å². The molecule has 3 rings (SSSR count). The molecule has 1 aromatic heterocycles. The predicted octanol–water partition coefficient (Wildman–Crippen LogP) is 4.25. The lowest BCUT2D eigenvalue weighted by Crippen LogP contribution is -2.22. The summed E-state index contributed by atoms with van der Waals surface area (Å²) in [7, 11) is 0. The Morgan fingerprint density at radius 3 is 2.56 bits per heavy atom. The molecule has 1 N–H and O–H groups in total. The number of pyridine rings is 1. The van der Waals surface area contributed by atoms with Gasteiger partial charge in [-0.3, -0.25) is 9.78 Å². The van der Waals surface area contributed by atoms with E-state index in [-0.39, 0.29) is 11.7 Å². The van der Waals surface area contributed by atoms with Crippen LogP contribution in [0.3, 0.4) is 0 Å². The van der Waals surface area contributed by atoms with E-state index in [0.717, 1.165) is 11.3 Å². The van der Waals surface area contributed by atoms with E-state index in [4.69, 9.17) is 4.74 Å². The number of hydrogen-bond acceptors (Lipinski definition) is 3. The minimum Gasteiger partial charge on any atom is -0.457 e. The zero-order valence-electron chi connectivity index (χ0n) is 13.7. The van der Waals surface area contributed by atoms with Crippen LogP contribution in [0.5, 0.6) is 11.5 Å². The fourth-order valence-electron chi connectivity index (χ4n) is 2.23. The summed E-state index contributed by atoms with van der Waals surface area (Å²) in [4.78, 5) is 16.2. The molecule has 3 aromatic rings. The molecule has 0 unspecified atom stereocenters. The molecule has 0 aliphatic heterocycles. The van der Waals surface area contributed by atoms with Crippen LogP contribution < -0.4 is 10.1 Å². The van der Waals surface area contributed by atoms with Gasteiger partial charge in [0.2, 0.25) is 0 Å². The van der Waals surface area contributed by atoms with Gasteiger partial charge in [0, 0.05) is 24.5 Å². The van der Waals surface area contributed by atoms with Gasteiger partial charge in [-0.25, -0.2) is 4.39 Å². The summed E-state index contributed by atoms with van der Waals surface area (Å²) in [5, 5.41) is 2.84. The molecule has 0 fully saturated rings. The molecule has 0 atom stereocenters. The van der Waals surface area contributed by atoms with E-state index in [9.17, 15) is 9.18 Å². The number of carbonyl (C=O) groups is 1. The standard InChI is InChI=1S/C20H17FN2O2/c1-14-5-8-16(13-22-14)20(24)23-12-15-6-9-18(10-7-15)25-19-4-2-3-17(21)11-19/h2-11,13H,12H2,1H3,(H,23,24). The van der Waals surface area contributed by atoms with E-state index >= 15 is 0 Å². The fourth-order valence-corrected chi connectivity index (χ4v) is 2.23. The number of aromatic nitrogens is 1. The van der Waals surface area contributed by atoms with Crippen LogP contribution in [0.2, 0.25) is 0 Å². The number of hydrogen-bond donors (Lipinski definition) is 1. The molecular weight excluding hydrogens is 319 g/mol. The van der Waals surface area contributed by atoms with Gasteiger partial charge in [-0.15, -0.1) is 0 Å². The Balaban J connectivity index is 1.57. The second-order valence-corrected chi connectivity index (χ2v) is 5.57. The maximum atomic E-state index is 13.1. The molecule has 0 aliphatic carbocycles. The first-order chi connectivity index (χ1) is 12.1. The molecule has 0 bridgehead atoms. The van der Waals surface area contributed by atoms with Crippen molar-refractivity contribution in [2.45, 2.75) is 13.5 Å². The zero-order valence-corrected chi connectivity index (χ0v) is 13.7.